The molecule has 3 aromatic carbocycles. The average Bonchev–Trinajstić information content (AvgIpc) is 3.30. The maximum absolute atomic E-state index is 11.4. The van der Waals surface area contributed by atoms with Crippen LogP contribution in [-0.2, 0) is 15.2 Å². The van der Waals surface area contributed by atoms with Crippen LogP contribution in [0, 0.1) is 0 Å². The molecule has 0 bridgehead atoms. The predicted octanol–water partition coefficient (Wildman–Crippen LogP) is 3.18. The van der Waals surface area contributed by atoms with Gasteiger partial charge in [-0.05, 0) is 16.7 Å². The second kappa shape index (κ2) is 9.18. The van der Waals surface area contributed by atoms with Gasteiger partial charge < -0.3 is 24.6 Å². The summed E-state index contributed by atoms with van der Waals surface area (Å²) in [4.78, 5) is 16.0. The maximum Gasteiger partial charge on any atom is 0.192 e. The van der Waals surface area contributed by atoms with Gasteiger partial charge in [0, 0.05) is 6.07 Å². The summed E-state index contributed by atoms with van der Waals surface area (Å²) in [6.07, 6.45) is 0. The molecule has 0 saturated carbocycles. The summed E-state index contributed by atoms with van der Waals surface area (Å²) in [6, 6.07) is 31.2. The number of carbonyl (C=O) groups is 1. The largest absolute Gasteiger partial charge is 0.543 e. The van der Waals surface area contributed by atoms with Crippen molar-refractivity contribution in [2.75, 3.05) is 12.4 Å². The molecule has 7 heteroatoms. The highest BCUT2D eigenvalue weighted by atomic mass is 16.6. The molecule has 0 amide bonds. The minimum atomic E-state index is -1.53. The van der Waals surface area contributed by atoms with Crippen LogP contribution in [0.2, 0.25) is 0 Å². The van der Waals surface area contributed by atoms with Gasteiger partial charge in [-0.25, -0.2) is 0 Å². The summed E-state index contributed by atoms with van der Waals surface area (Å²) in [5.74, 6) is -1.30. The highest BCUT2D eigenvalue weighted by Crippen LogP contribution is 2.39. The lowest BCUT2D eigenvalue weighted by molar-refractivity contribution is -0.294. The Morgan fingerprint density at radius 3 is 1.78 bits per heavy atom. The van der Waals surface area contributed by atoms with Gasteiger partial charge in [-0.1, -0.05) is 101 Å². The summed E-state index contributed by atoms with van der Waals surface area (Å²) in [5.41, 5.74) is 1.57. The molecular formula is C25H20N3O4-. The van der Waals surface area contributed by atoms with Crippen molar-refractivity contribution in [3.8, 4) is 0 Å². The Kier molecular flexibility index (Phi) is 5.98. The number of hydrogen-bond donors (Lipinski definition) is 1. The van der Waals surface area contributed by atoms with E-state index in [4.69, 9.17) is 4.52 Å². The Bertz CT molecular complexity index is 1110. The van der Waals surface area contributed by atoms with E-state index in [0.717, 1.165) is 16.7 Å². The number of benzene rings is 3. The van der Waals surface area contributed by atoms with Gasteiger partial charge in [-0.2, -0.15) is 0 Å². The predicted molar refractivity (Wildman–Crippen MR) is 118 cm³/mol. The number of aliphatic carboxylic acids is 1. The number of nitrogens with zero attached hydrogens (tertiary/aromatic N) is 2. The van der Waals surface area contributed by atoms with Gasteiger partial charge in [-0.3, -0.25) is 0 Å². The fraction of sp³-hybridized carbons (Fsp3) is 0.0800. The maximum atomic E-state index is 11.4. The third-order valence-corrected chi connectivity index (χ3v) is 5.06. The molecule has 0 fully saturated rings. The highest BCUT2D eigenvalue weighted by Gasteiger charge is 2.37. The number of hydrogen-bond acceptors (Lipinski definition) is 7. The zero-order chi connectivity index (χ0) is 22.4. The number of carboxylic acid groups (broad SMARTS) is 1. The Hall–Kier alpha value is -4.39. The second-order valence-electron chi connectivity index (χ2n) is 6.96. The number of nitrogens with one attached hydrogen (secondary N) is 1. The third kappa shape index (κ3) is 3.96. The third-order valence-electron chi connectivity index (χ3n) is 5.06. The Morgan fingerprint density at radius 2 is 1.38 bits per heavy atom. The van der Waals surface area contributed by atoms with E-state index in [9.17, 15) is 9.90 Å². The van der Waals surface area contributed by atoms with Crippen LogP contribution in [0.1, 0.15) is 22.5 Å². The van der Waals surface area contributed by atoms with Crippen molar-refractivity contribution in [1.29, 1.82) is 0 Å². The van der Waals surface area contributed by atoms with Gasteiger partial charge in [-0.15, -0.1) is 0 Å². The Morgan fingerprint density at radius 1 is 0.906 bits per heavy atom. The number of carboxylic acids is 1. The van der Waals surface area contributed by atoms with Gasteiger partial charge >= 0.3 is 0 Å². The van der Waals surface area contributed by atoms with Crippen LogP contribution in [0.25, 0.3) is 0 Å². The first kappa shape index (κ1) is 20.9. The van der Waals surface area contributed by atoms with Crippen LogP contribution in [0.5, 0.6) is 0 Å². The summed E-state index contributed by atoms with van der Waals surface area (Å²) < 4.78 is 5.25. The average molecular weight is 426 g/mol. The van der Waals surface area contributed by atoms with Crippen molar-refractivity contribution in [3.05, 3.63) is 120 Å². The molecule has 4 rings (SSSR count). The highest BCUT2D eigenvalue weighted by molar-refractivity contribution is 6.40. The van der Waals surface area contributed by atoms with Crippen LogP contribution in [0.15, 0.2) is 107 Å². The molecule has 0 aliphatic heterocycles. The van der Waals surface area contributed by atoms with E-state index in [1.165, 1.54) is 13.2 Å². The molecule has 1 aromatic heterocycles. The van der Waals surface area contributed by atoms with E-state index < -0.39 is 17.2 Å². The molecule has 32 heavy (non-hydrogen) atoms. The van der Waals surface area contributed by atoms with Crippen molar-refractivity contribution in [3.63, 3.8) is 0 Å². The Labute approximate surface area is 184 Å². The lowest BCUT2D eigenvalue weighted by Crippen LogP contribution is -2.38. The van der Waals surface area contributed by atoms with E-state index in [-0.39, 0.29) is 5.76 Å². The van der Waals surface area contributed by atoms with Crippen LogP contribution in [-0.4, -0.2) is 23.9 Å². The van der Waals surface area contributed by atoms with Gasteiger partial charge in [0.25, 0.3) is 0 Å². The van der Waals surface area contributed by atoms with E-state index in [2.05, 4.69) is 20.5 Å². The first-order valence-corrected chi connectivity index (χ1v) is 9.89. The van der Waals surface area contributed by atoms with Gasteiger partial charge in [0.2, 0.25) is 0 Å². The fourth-order valence-electron chi connectivity index (χ4n) is 3.69. The van der Waals surface area contributed by atoms with Crippen molar-refractivity contribution in [2.24, 2.45) is 5.16 Å². The Balaban J connectivity index is 1.90. The van der Waals surface area contributed by atoms with E-state index in [1.54, 1.807) is 0 Å². The van der Waals surface area contributed by atoms with E-state index in [0.29, 0.717) is 5.82 Å². The normalized spacial score (nSPS) is 11.7. The first-order valence-electron chi connectivity index (χ1n) is 9.89. The summed E-state index contributed by atoms with van der Waals surface area (Å²) >= 11 is 0. The van der Waals surface area contributed by atoms with Crippen molar-refractivity contribution in [2.45, 2.75) is 5.54 Å². The first-order chi connectivity index (χ1) is 15.6. The zero-order valence-electron chi connectivity index (χ0n) is 17.3. The molecule has 0 aliphatic carbocycles. The van der Waals surface area contributed by atoms with E-state index >= 15 is 0 Å². The molecule has 4 aromatic rings. The van der Waals surface area contributed by atoms with Crippen LogP contribution in [0.4, 0.5) is 5.82 Å². The summed E-state index contributed by atoms with van der Waals surface area (Å²) in [6.45, 7) is 0. The van der Waals surface area contributed by atoms with Crippen LogP contribution < -0.4 is 10.4 Å². The molecule has 0 radical (unpaired) electrons. The van der Waals surface area contributed by atoms with Crippen molar-refractivity contribution < 1.29 is 19.3 Å². The zero-order valence-corrected chi connectivity index (χ0v) is 17.3. The minimum Gasteiger partial charge on any atom is -0.543 e. The number of oxime groups is 1. The van der Waals surface area contributed by atoms with Crippen molar-refractivity contribution >= 4 is 17.5 Å². The van der Waals surface area contributed by atoms with Gasteiger partial charge in [0.1, 0.15) is 12.6 Å². The molecule has 1 heterocycles. The summed E-state index contributed by atoms with van der Waals surface area (Å²) in [7, 11) is 1.24. The SMILES string of the molecule is CO/N=C(\C(=O)[O-])c1cc(NC(c2ccccc2)(c2ccccc2)c2ccccc2)no1. The molecule has 7 nitrogen and oxygen atoms in total. The number of aromatic nitrogens is 1. The molecule has 160 valence electrons. The lowest BCUT2D eigenvalue weighted by Gasteiger charge is -2.36. The van der Waals surface area contributed by atoms with Gasteiger partial charge in [0.15, 0.2) is 17.3 Å². The molecule has 0 spiro atoms. The monoisotopic (exact) mass is 426 g/mol. The van der Waals surface area contributed by atoms with E-state index in [1.807, 2.05) is 91.0 Å². The topological polar surface area (TPSA) is 99.8 Å². The van der Waals surface area contributed by atoms with Crippen molar-refractivity contribution in [1.82, 2.24) is 5.16 Å². The lowest BCUT2D eigenvalue weighted by atomic mass is 9.77. The molecular weight excluding hydrogens is 406 g/mol. The number of rotatable bonds is 8. The molecule has 0 saturated heterocycles. The molecule has 1 N–H and O–H groups in total. The molecule has 0 aliphatic rings. The van der Waals surface area contributed by atoms with Crippen LogP contribution in [0.3, 0.4) is 0 Å². The molecule has 0 unspecified atom stereocenters. The fourth-order valence-corrected chi connectivity index (χ4v) is 3.69. The molecule has 0 atom stereocenters. The second-order valence-corrected chi connectivity index (χ2v) is 6.96. The standard InChI is InChI=1S/C25H21N3O4/c1-31-28-23(24(29)30)21-17-22(27-32-21)26-25(18-11-5-2-6-12-18,19-13-7-3-8-14-19)20-15-9-4-10-16-20/h2-17H,1H3,(H,26,27)(H,29,30)/p-1/b28-23-. The summed E-state index contributed by atoms with van der Waals surface area (Å²) in [5, 5.41) is 22.4. The van der Waals surface area contributed by atoms with Gasteiger partial charge in [0.05, 0.1) is 5.97 Å². The number of carbonyl (C=O) groups excluding carboxylic acids is 1. The minimum absolute atomic E-state index is 0.0857. The smallest absolute Gasteiger partial charge is 0.192 e. The quantitative estimate of drug-likeness (QED) is 0.264. The number of anilines is 1. The van der Waals surface area contributed by atoms with Crippen LogP contribution >= 0.6 is 0 Å².